The third-order valence-corrected chi connectivity index (χ3v) is 5.43. The van der Waals surface area contributed by atoms with Gasteiger partial charge in [0.05, 0.1) is 5.02 Å². The Bertz CT molecular complexity index is 1150. The smallest absolute Gasteiger partial charge is 0.451 e. The zero-order valence-electron chi connectivity index (χ0n) is 14.1. The second-order valence-electron chi connectivity index (χ2n) is 5.84. The van der Waals surface area contributed by atoms with Crippen LogP contribution in [0.3, 0.4) is 0 Å². The fourth-order valence-corrected chi connectivity index (χ4v) is 4.02. The molecule has 0 spiro atoms. The van der Waals surface area contributed by atoms with Crippen LogP contribution in [-0.2, 0) is 9.53 Å². The minimum absolute atomic E-state index is 0.0328. The maximum Gasteiger partial charge on any atom is 0.586 e. The van der Waals surface area contributed by atoms with E-state index < -0.39 is 30.6 Å². The van der Waals surface area contributed by atoms with E-state index in [1.165, 1.54) is 30.3 Å². The summed E-state index contributed by atoms with van der Waals surface area (Å²) in [6, 6.07) is 7.56. The van der Waals surface area contributed by atoms with Crippen molar-refractivity contribution in [2.24, 2.45) is 0 Å². The molecule has 11 heteroatoms. The fraction of sp³-hybridized carbons (Fsp3) is 0.111. The minimum Gasteiger partial charge on any atom is -0.451 e. The van der Waals surface area contributed by atoms with Crippen molar-refractivity contribution in [3.8, 4) is 11.5 Å². The fourth-order valence-electron chi connectivity index (χ4n) is 2.59. The van der Waals surface area contributed by atoms with Crippen LogP contribution in [0.1, 0.15) is 9.67 Å². The van der Waals surface area contributed by atoms with Gasteiger partial charge in [-0.1, -0.05) is 11.6 Å². The van der Waals surface area contributed by atoms with Crippen molar-refractivity contribution in [3.05, 3.63) is 52.1 Å². The number of anilines is 1. The van der Waals surface area contributed by atoms with Gasteiger partial charge < -0.3 is 19.5 Å². The number of esters is 1. The molecule has 2 heterocycles. The van der Waals surface area contributed by atoms with Crippen LogP contribution in [0.4, 0.5) is 18.9 Å². The number of fused-ring (bicyclic) bond motifs is 2. The lowest BCUT2D eigenvalue weighted by Crippen LogP contribution is -2.25. The van der Waals surface area contributed by atoms with Gasteiger partial charge in [0.25, 0.3) is 5.91 Å². The van der Waals surface area contributed by atoms with E-state index in [1.807, 2.05) is 0 Å². The zero-order valence-corrected chi connectivity index (χ0v) is 15.7. The maximum atomic E-state index is 13.3. The Morgan fingerprint density at radius 2 is 1.90 bits per heavy atom. The first-order valence-electron chi connectivity index (χ1n) is 7.96. The molecular formula is C18H9ClF3NO5S. The van der Waals surface area contributed by atoms with E-state index in [9.17, 15) is 22.8 Å². The van der Waals surface area contributed by atoms with Gasteiger partial charge in [0.2, 0.25) is 0 Å². The molecule has 0 unspecified atom stereocenters. The standard InChI is InChI=1S/C18H9ClF3NO5S/c19-15-10-3-1-8(20)5-13(10)29-16(15)17(25)26-7-14(24)23-9-2-4-11-12(6-9)28-18(21,22)27-11/h1-6H,7H2,(H,23,24). The number of ether oxygens (including phenoxy) is 3. The third kappa shape index (κ3) is 3.94. The van der Waals surface area contributed by atoms with Crippen LogP contribution in [-0.4, -0.2) is 24.8 Å². The van der Waals surface area contributed by atoms with Gasteiger partial charge in [0, 0.05) is 21.8 Å². The Morgan fingerprint density at radius 3 is 2.69 bits per heavy atom. The van der Waals surface area contributed by atoms with Gasteiger partial charge in [-0.25, -0.2) is 9.18 Å². The lowest BCUT2D eigenvalue weighted by molar-refractivity contribution is -0.286. The van der Waals surface area contributed by atoms with Crippen LogP contribution >= 0.6 is 22.9 Å². The summed E-state index contributed by atoms with van der Waals surface area (Å²) in [5.74, 6) is -2.45. The molecule has 0 saturated carbocycles. The molecule has 0 fully saturated rings. The molecule has 6 nitrogen and oxygen atoms in total. The lowest BCUT2D eigenvalue weighted by Gasteiger charge is -2.07. The van der Waals surface area contributed by atoms with E-state index in [1.54, 1.807) is 0 Å². The summed E-state index contributed by atoms with van der Waals surface area (Å²) in [4.78, 5) is 24.2. The van der Waals surface area contributed by atoms with Crippen LogP contribution in [0.15, 0.2) is 36.4 Å². The van der Waals surface area contributed by atoms with Gasteiger partial charge in [0.1, 0.15) is 10.7 Å². The van der Waals surface area contributed by atoms with Crippen LogP contribution < -0.4 is 14.8 Å². The van der Waals surface area contributed by atoms with Crippen molar-refractivity contribution >= 4 is 50.6 Å². The number of nitrogens with one attached hydrogen (secondary N) is 1. The highest BCUT2D eigenvalue weighted by molar-refractivity contribution is 7.21. The molecule has 0 bridgehead atoms. The first-order chi connectivity index (χ1) is 13.7. The SMILES string of the molecule is O=C(COC(=O)c1sc2cc(F)ccc2c1Cl)Nc1ccc2c(c1)OC(F)(F)O2. The van der Waals surface area contributed by atoms with E-state index in [0.29, 0.717) is 10.1 Å². The van der Waals surface area contributed by atoms with Crippen molar-refractivity contribution in [3.63, 3.8) is 0 Å². The van der Waals surface area contributed by atoms with Crippen molar-refractivity contribution in [1.82, 2.24) is 0 Å². The summed E-state index contributed by atoms with van der Waals surface area (Å²) in [7, 11) is 0. The average molecular weight is 444 g/mol. The van der Waals surface area contributed by atoms with Crippen LogP contribution in [0.25, 0.3) is 10.1 Å². The van der Waals surface area contributed by atoms with Gasteiger partial charge in [-0.15, -0.1) is 20.1 Å². The Kier molecular flexibility index (Phi) is 4.75. The number of hydrogen-bond donors (Lipinski definition) is 1. The molecule has 1 amide bonds. The van der Waals surface area contributed by atoms with E-state index in [2.05, 4.69) is 14.8 Å². The zero-order chi connectivity index (χ0) is 20.8. The van der Waals surface area contributed by atoms with E-state index >= 15 is 0 Å². The number of alkyl halides is 2. The Hall–Kier alpha value is -2.98. The average Bonchev–Trinajstić information content (AvgIpc) is 3.14. The Balaban J connectivity index is 1.39. The van der Waals surface area contributed by atoms with E-state index in [0.717, 1.165) is 17.4 Å². The third-order valence-electron chi connectivity index (χ3n) is 3.80. The first-order valence-corrected chi connectivity index (χ1v) is 9.16. The predicted molar refractivity (Wildman–Crippen MR) is 98.4 cm³/mol. The van der Waals surface area contributed by atoms with Gasteiger partial charge in [-0.2, -0.15) is 0 Å². The second kappa shape index (κ2) is 7.12. The number of carbonyl (C=O) groups excluding carboxylic acids is 2. The Morgan fingerprint density at radius 1 is 1.14 bits per heavy atom. The predicted octanol–water partition coefficient (Wildman–Crippen LogP) is 4.81. The largest absolute Gasteiger partial charge is 0.586 e. The number of halogens is 4. The molecule has 1 aromatic heterocycles. The topological polar surface area (TPSA) is 73.9 Å². The normalized spacial score (nSPS) is 14.1. The summed E-state index contributed by atoms with van der Waals surface area (Å²) in [5, 5.41) is 2.97. The lowest BCUT2D eigenvalue weighted by atomic mass is 10.2. The Labute approximate surface area is 169 Å². The quantitative estimate of drug-likeness (QED) is 0.586. The second-order valence-corrected chi connectivity index (χ2v) is 7.27. The molecule has 3 aromatic rings. The first kappa shape index (κ1) is 19.3. The highest BCUT2D eigenvalue weighted by Crippen LogP contribution is 2.42. The van der Waals surface area contributed by atoms with Crippen molar-refractivity contribution in [1.29, 1.82) is 0 Å². The van der Waals surface area contributed by atoms with Crippen molar-refractivity contribution in [2.45, 2.75) is 6.29 Å². The minimum atomic E-state index is -3.77. The van der Waals surface area contributed by atoms with Crippen molar-refractivity contribution in [2.75, 3.05) is 11.9 Å². The summed E-state index contributed by atoms with van der Waals surface area (Å²) in [6.07, 6.45) is -3.77. The highest BCUT2D eigenvalue weighted by Gasteiger charge is 2.43. The number of rotatable bonds is 4. The molecule has 1 N–H and O–H groups in total. The maximum absolute atomic E-state index is 13.3. The number of hydrogen-bond acceptors (Lipinski definition) is 6. The molecule has 1 aliphatic rings. The molecule has 0 radical (unpaired) electrons. The number of amides is 1. The highest BCUT2D eigenvalue weighted by atomic mass is 35.5. The van der Waals surface area contributed by atoms with Crippen molar-refractivity contribution < 1.29 is 37.0 Å². The summed E-state index contributed by atoms with van der Waals surface area (Å²) in [5.41, 5.74) is 0.140. The van der Waals surface area contributed by atoms with Gasteiger partial charge >= 0.3 is 12.3 Å². The van der Waals surface area contributed by atoms with E-state index in [-0.39, 0.29) is 27.1 Å². The van der Waals surface area contributed by atoms with E-state index in [4.69, 9.17) is 16.3 Å². The molecule has 0 saturated heterocycles. The van der Waals surface area contributed by atoms with Gasteiger partial charge in [-0.3, -0.25) is 4.79 Å². The molecule has 0 aliphatic carbocycles. The summed E-state index contributed by atoms with van der Waals surface area (Å²) < 4.78 is 53.3. The summed E-state index contributed by atoms with van der Waals surface area (Å²) in [6.45, 7) is -0.650. The van der Waals surface area contributed by atoms with Crippen LogP contribution in [0.5, 0.6) is 11.5 Å². The number of carbonyl (C=O) groups is 2. The molecule has 1 aliphatic heterocycles. The molecule has 4 rings (SSSR count). The molecule has 2 aromatic carbocycles. The summed E-state index contributed by atoms with van der Waals surface area (Å²) >= 11 is 7.06. The molecule has 29 heavy (non-hydrogen) atoms. The van der Waals surface area contributed by atoms with Gasteiger partial charge in [0.15, 0.2) is 18.1 Å². The van der Waals surface area contributed by atoms with Crippen LogP contribution in [0.2, 0.25) is 5.02 Å². The number of thiophene rings is 1. The van der Waals surface area contributed by atoms with Gasteiger partial charge in [-0.05, 0) is 30.3 Å². The molecule has 0 atom stereocenters. The molecular weight excluding hydrogens is 435 g/mol. The molecule has 150 valence electrons. The monoisotopic (exact) mass is 443 g/mol. The number of benzene rings is 2. The van der Waals surface area contributed by atoms with Crippen LogP contribution in [0, 0.1) is 5.82 Å².